The van der Waals surface area contributed by atoms with Crippen molar-refractivity contribution in [1.82, 2.24) is 15.1 Å². The Morgan fingerprint density at radius 2 is 1.89 bits per heavy atom. The molecule has 1 unspecified atom stereocenters. The molecule has 4 aliphatic rings. The number of aliphatic hydroxyl groups is 1. The first kappa shape index (κ1) is 33.8. The highest BCUT2D eigenvalue weighted by molar-refractivity contribution is 5.99. The van der Waals surface area contributed by atoms with Gasteiger partial charge in [0.2, 0.25) is 17.7 Å². The number of cyclic esters (lactones) is 1. The molecule has 250 valence electrons. The summed E-state index contributed by atoms with van der Waals surface area (Å²) in [5.74, 6) is -3.46. The number of carbonyl (C=O) groups is 4. The molecule has 0 aliphatic carbocycles. The Morgan fingerprint density at radius 1 is 1.11 bits per heavy atom. The van der Waals surface area contributed by atoms with Crippen LogP contribution in [0, 0.1) is 11.8 Å². The average Bonchev–Trinajstić information content (AvgIpc) is 3.42. The largest absolute Gasteiger partial charge is 0.455 e. The molecule has 8 atom stereocenters. The van der Waals surface area contributed by atoms with Gasteiger partial charge in [-0.25, -0.2) is 0 Å². The molecular formula is C35H47N3O8. The minimum atomic E-state index is -1.39. The van der Waals surface area contributed by atoms with Crippen LogP contribution < -0.4 is 5.32 Å². The Kier molecular flexibility index (Phi) is 11.0. The maximum Gasteiger partial charge on any atom is 0.313 e. The highest BCUT2D eigenvalue weighted by atomic mass is 16.6. The van der Waals surface area contributed by atoms with Gasteiger partial charge in [-0.2, -0.15) is 0 Å². The summed E-state index contributed by atoms with van der Waals surface area (Å²) in [6, 6.07) is 7.43. The molecule has 1 aromatic rings. The second-order valence-corrected chi connectivity index (χ2v) is 12.7. The predicted octanol–water partition coefficient (Wildman–Crippen LogP) is 2.69. The Bertz CT molecular complexity index is 1320. The molecule has 0 bridgehead atoms. The molecule has 11 heteroatoms. The Hall–Kier alpha value is -3.54. The SMILES string of the molecule is CCCC(C)N1CC=C[C@@]23O[C@H]4/C=C\CCC(=O)N[C@@H](COC)[C@H](c5ccccc5)OC(=O)[C@H]4[C@@H]2C(=O)N(CCCCO)[C@H]3C1=O. The molecule has 0 saturated carbocycles. The van der Waals surface area contributed by atoms with Gasteiger partial charge in [0.05, 0.1) is 24.7 Å². The number of aliphatic hydroxyl groups excluding tert-OH is 1. The second-order valence-electron chi connectivity index (χ2n) is 12.7. The number of amides is 3. The van der Waals surface area contributed by atoms with Crippen molar-refractivity contribution in [2.24, 2.45) is 11.8 Å². The van der Waals surface area contributed by atoms with Crippen LogP contribution in [0.1, 0.15) is 64.0 Å². The molecule has 4 aliphatic heterocycles. The quantitative estimate of drug-likeness (QED) is 0.227. The van der Waals surface area contributed by atoms with Gasteiger partial charge in [-0.1, -0.05) is 68.0 Å². The average molecular weight is 638 g/mol. The zero-order valence-corrected chi connectivity index (χ0v) is 27.0. The van der Waals surface area contributed by atoms with Gasteiger partial charge in [-0.3, -0.25) is 19.2 Å². The van der Waals surface area contributed by atoms with Crippen LogP contribution >= 0.6 is 0 Å². The zero-order valence-electron chi connectivity index (χ0n) is 27.0. The van der Waals surface area contributed by atoms with E-state index in [0.29, 0.717) is 31.4 Å². The van der Waals surface area contributed by atoms with Crippen LogP contribution in [0.3, 0.4) is 0 Å². The number of carbonyl (C=O) groups excluding carboxylic acids is 4. The standard InChI is InChI=1S/C35H47N3O8/c1-4-13-23(2)37-20-12-18-35-29(32(41)38(19-10-11-21-39)31(35)33(37)42)28-26(46-35)16-8-9-17-27(40)36-25(22-44-3)30(45-34(28)43)24-14-6-5-7-15-24/h5-8,12,14-16,18,23,25-26,28-31,39H,4,9-11,13,17,19-22H2,1-3H3,(H,36,40)/b16-8-/t23?,25-,26-,28+,29+,30-,31-,35+/m0/s1. The van der Waals surface area contributed by atoms with Crippen LogP contribution in [0.4, 0.5) is 0 Å². The number of unbranched alkanes of at least 4 members (excludes halogenated alkanes) is 1. The lowest BCUT2D eigenvalue weighted by Crippen LogP contribution is -2.56. The van der Waals surface area contributed by atoms with E-state index in [-0.39, 0.29) is 49.9 Å². The molecule has 2 N–H and O–H groups in total. The topological polar surface area (TPSA) is 135 Å². The number of rotatable bonds is 10. The molecule has 4 heterocycles. The minimum absolute atomic E-state index is 0.0346. The van der Waals surface area contributed by atoms with Gasteiger partial charge >= 0.3 is 5.97 Å². The van der Waals surface area contributed by atoms with Gasteiger partial charge in [0.15, 0.2) is 0 Å². The van der Waals surface area contributed by atoms with Crippen molar-refractivity contribution < 1.29 is 38.5 Å². The van der Waals surface area contributed by atoms with Gasteiger partial charge < -0.3 is 34.4 Å². The van der Waals surface area contributed by atoms with Crippen LogP contribution in [0.2, 0.25) is 0 Å². The number of nitrogens with one attached hydrogen (secondary N) is 1. The van der Waals surface area contributed by atoms with E-state index in [1.165, 1.54) is 7.11 Å². The van der Waals surface area contributed by atoms with Gasteiger partial charge in [0.25, 0.3) is 0 Å². The van der Waals surface area contributed by atoms with E-state index >= 15 is 0 Å². The lowest BCUT2D eigenvalue weighted by atomic mass is 9.77. The zero-order chi connectivity index (χ0) is 32.8. The fraction of sp³-hybridized carbons (Fsp3) is 0.600. The number of allylic oxidation sites excluding steroid dienone is 1. The highest BCUT2D eigenvalue weighted by Gasteiger charge is 2.71. The number of hydrogen-bond donors (Lipinski definition) is 2. The predicted molar refractivity (Wildman–Crippen MR) is 169 cm³/mol. The molecule has 2 fully saturated rings. The van der Waals surface area contributed by atoms with E-state index in [0.717, 1.165) is 12.8 Å². The number of hydrogen-bond acceptors (Lipinski definition) is 8. The second kappa shape index (κ2) is 14.9. The first-order valence-electron chi connectivity index (χ1n) is 16.5. The van der Waals surface area contributed by atoms with Crippen LogP contribution in [0.25, 0.3) is 0 Å². The summed E-state index contributed by atoms with van der Waals surface area (Å²) in [6.45, 7) is 4.75. The number of nitrogens with zero attached hydrogens (tertiary/aromatic N) is 2. The molecule has 3 amide bonds. The summed E-state index contributed by atoms with van der Waals surface area (Å²) >= 11 is 0. The maximum absolute atomic E-state index is 14.5. The van der Waals surface area contributed by atoms with E-state index in [1.54, 1.807) is 22.0 Å². The molecule has 5 rings (SSSR count). The van der Waals surface area contributed by atoms with Crippen molar-refractivity contribution in [3.63, 3.8) is 0 Å². The molecular weight excluding hydrogens is 590 g/mol. The van der Waals surface area contributed by atoms with E-state index in [1.807, 2.05) is 49.4 Å². The highest BCUT2D eigenvalue weighted by Crippen LogP contribution is 2.53. The first-order chi connectivity index (χ1) is 22.3. The van der Waals surface area contributed by atoms with Crippen molar-refractivity contribution in [2.75, 3.05) is 33.4 Å². The van der Waals surface area contributed by atoms with Crippen molar-refractivity contribution >= 4 is 23.7 Å². The van der Waals surface area contributed by atoms with Crippen LogP contribution in [0.5, 0.6) is 0 Å². The van der Waals surface area contributed by atoms with Gasteiger partial charge in [-0.05, 0) is 38.2 Å². The summed E-state index contributed by atoms with van der Waals surface area (Å²) < 4.78 is 18.5. The van der Waals surface area contributed by atoms with E-state index < -0.39 is 47.7 Å². The van der Waals surface area contributed by atoms with Crippen LogP contribution in [-0.2, 0) is 33.4 Å². The van der Waals surface area contributed by atoms with Crippen molar-refractivity contribution in [3.05, 3.63) is 60.2 Å². The molecule has 11 nitrogen and oxygen atoms in total. The van der Waals surface area contributed by atoms with Crippen molar-refractivity contribution in [3.8, 4) is 0 Å². The molecule has 1 spiro atoms. The number of likely N-dealkylation sites (tertiary alicyclic amines) is 1. The maximum atomic E-state index is 14.5. The smallest absolute Gasteiger partial charge is 0.313 e. The number of esters is 1. The Labute approximate surface area is 270 Å². The Balaban J connectivity index is 1.59. The number of ether oxygens (including phenoxy) is 3. The van der Waals surface area contributed by atoms with Gasteiger partial charge in [0.1, 0.15) is 23.7 Å². The van der Waals surface area contributed by atoms with E-state index in [9.17, 15) is 24.3 Å². The van der Waals surface area contributed by atoms with Gasteiger partial charge in [-0.15, -0.1) is 0 Å². The van der Waals surface area contributed by atoms with Crippen molar-refractivity contribution in [1.29, 1.82) is 0 Å². The summed E-state index contributed by atoms with van der Waals surface area (Å²) in [7, 11) is 1.52. The lowest BCUT2D eigenvalue weighted by molar-refractivity contribution is -0.162. The van der Waals surface area contributed by atoms with Crippen molar-refractivity contribution in [2.45, 2.75) is 88.3 Å². The molecule has 1 aromatic carbocycles. The van der Waals surface area contributed by atoms with E-state index in [4.69, 9.17) is 14.2 Å². The minimum Gasteiger partial charge on any atom is -0.455 e. The molecule has 0 radical (unpaired) electrons. The molecule has 0 aromatic heterocycles. The number of fused-ring (bicyclic) bond motifs is 2. The number of methoxy groups -OCH3 is 1. The van der Waals surface area contributed by atoms with Crippen LogP contribution in [-0.4, -0.2) is 102 Å². The summed E-state index contributed by atoms with van der Waals surface area (Å²) in [5.41, 5.74) is -0.725. The van der Waals surface area contributed by atoms with Gasteiger partial charge in [0, 0.05) is 39.3 Å². The fourth-order valence-corrected chi connectivity index (χ4v) is 7.51. The lowest BCUT2D eigenvalue weighted by Gasteiger charge is -2.37. The monoisotopic (exact) mass is 637 g/mol. The summed E-state index contributed by atoms with van der Waals surface area (Å²) in [6.07, 6.45) is 8.72. The molecule has 46 heavy (non-hydrogen) atoms. The number of benzene rings is 1. The third-order valence-electron chi connectivity index (χ3n) is 9.64. The third kappa shape index (κ3) is 6.50. The first-order valence-corrected chi connectivity index (χ1v) is 16.5. The summed E-state index contributed by atoms with van der Waals surface area (Å²) in [4.78, 5) is 59.7. The fourth-order valence-electron chi connectivity index (χ4n) is 7.51. The Morgan fingerprint density at radius 3 is 2.61 bits per heavy atom. The van der Waals surface area contributed by atoms with Crippen LogP contribution in [0.15, 0.2) is 54.6 Å². The molecule has 2 saturated heterocycles. The third-order valence-corrected chi connectivity index (χ3v) is 9.64. The van der Waals surface area contributed by atoms with E-state index in [2.05, 4.69) is 12.2 Å². The summed E-state index contributed by atoms with van der Waals surface area (Å²) in [5, 5.41) is 12.5. The normalized spacial score (nSPS) is 32.8.